The Morgan fingerprint density at radius 2 is 1.80 bits per heavy atom. The van der Waals surface area contributed by atoms with Crippen LogP contribution in [-0.4, -0.2) is 7.05 Å². The molecule has 2 unspecified atom stereocenters. The van der Waals surface area contributed by atoms with E-state index in [0.717, 1.165) is 12.0 Å². The fourth-order valence-corrected chi connectivity index (χ4v) is 3.07. The molecule has 0 fully saturated rings. The molecular weight excluding hydrogens is 317 g/mol. The molecule has 20 heavy (non-hydrogen) atoms. The van der Waals surface area contributed by atoms with Crippen LogP contribution in [0.1, 0.15) is 36.4 Å². The Morgan fingerprint density at radius 3 is 2.35 bits per heavy atom. The van der Waals surface area contributed by atoms with Crippen molar-refractivity contribution in [2.24, 2.45) is 0 Å². The molecule has 1 nitrogen and oxygen atoms in total. The normalized spacial score (nSPS) is 14.0. The summed E-state index contributed by atoms with van der Waals surface area (Å²) in [6, 6.07) is 15.8. The fourth-order valence-electron chi connectivity index (χ4n) is 2.67. The molecule has 1 N–H and O–H groups in total. The molecule has 0 heterocycles. The van der Waals surface area contributed by atoms with Crippen LogP contribution in [0.4, 0.5) is 4.39 Å². The summed E-state index contributed by atoms with van der Waals surface area (Å²) in [5, 5.41) is 3.37. The lowest BCUT2D eigenvalue weighted by molar-refractivity contribution is 0.467. The fraction of sp³-hybridized carbons (Fsp3) is 0.294. The lowest BCUT2D eigenvalue weighted by Gasteiger charge is -2.27. The summed E-state index contributed by atoms with van der Waals surface area (Å²) < 4.78 is 13.9. The average molecular weight is 336 g/mol. The van der Waals surface area contributed by atoms with Gasteiger partial charge in [0.25, 0.3) is 0 Å². The molecule has 0 radical (unpaired) electrons. The van der Waals surface area contributed by atoms with Gasteiger partial charge in [0.05, 0.1) is 4.47 Å². The number of likely N-dealkylation sites (N-methyl/N-ethyl adjacent to an activating group) is 1. The second-order valence-electron chi connectivity index (χ2n) is 4.87. The third-order valence-electron chi connectivity index (χ3n) is 3.68. The van der Waals surface area contributed by atoms with E-state index in [-0.39, 0.29) is 11.9 Å². The summed E-state index contributed by atoms with van der Waals surface area (Å²) in [5.74, 6) is 0.134. The largest absolute Gasteiger partial charge is 0.312 e. The minimum Gasteiger partial charge on any atom is -0.312 e. The number of rotatable bonds is 5. The Hall–Kier alpha value is -1.19. The van der Waals surface area contributed by atoms with Crippen molar-refractivity contribution in [1.82, 2.24) is 5.32 Å². The van der Waals surface area contributed by atoms with Crippen molar-refractivity contribution in [2.75, 3.05) is 7.05 Å². The zero-order valence-corrected chi connectivity index (χ0v) is 13.3. The highest BCUT2D eigenvalue weighted by Crippen LogP contribution is 2.34. The smallest absolute Gasteiger partial charge is 0.137 e. The molecule has 0 aliphatic carbocycles. The van der Waals surface area contributed by atoms with Crippen LogP contribution in [0.2, 0.25) is 0 Å². The van der Waals surface area contributed by atoms with E-state index in [2.05, 4.69) is 52.4 Å². The van der Waals surface area contributed by atoms with E-state index in [9.17, 15) is 4.39 Å². The SMILES string of the molecule is CCC(c1ccccc1)C(NC)c1ccc(F)c(Br)c1. The highest BCUT2D eigenvalue weighted by atomic mass is 79.9. The summed E-state index contributed by atoms with van der Waals surface area (Å²) in [6.45, 7) is 2.18. The molecule has 0 spiro atoms. The molecule has 2 aromatic rings. The van der Waals surface area contributed by atoms with E-state index >= 15 is 0 Å². The predicted octanol–water partition coefficient (Wildman–Crippen LogP) is 5.04. The predicted molar refractivity (Wildman–Crippen MR) is 85.4 cm³/mol. The van der Waals surface area contributed by atoms with Gasteiger partial charge in [0.1, 0.15) is 5.82 Å². The molecule has 0 saturated heterocycles. The lowest BCUT2D eigenvalue weighted by atomic mass is 9.85. The molecule has 0 aliphatic heterocycles. The van der Waals surface area contributed by atoms with Crippen LogP contribution in [0.15, 0.2) is 53.0 Å². The van der Waals surface area contributed by atoms with Crippen LogP contribution >= 0.6 is 15.9 Å². The molecule has 0 aliphatic rings. The van der Waals surface area contributed by atoms with Crippen molar-refractivity contribution in [3.05, 3.63) is 69.9 Å². The van der Waals surface area contributed by atoms with Crippen LogP contribution in [0.25, 0.3) is 0 Å². The third kappa shape index (κ3) is 3.28. The minimum atomic E-state index is -0.226. The minimum absolute atomic E-state index is 0.166. The molecule has 0 saturated carbocycles. The third-order valence-corrected chi connectivity index (χ3v) is 4.29. The molecule has 2 atom stereocenters. The summed E-state index contributed by atoms with van der Waals surface area (Å²) in [5.41, 5.74) is 2.39. The Bertz CT molecular complexity index is 556. The second kappa shape index (κ2) is 7.00. The van der Waals surface area contributed by atoms with Crippen LogP contribution in [0, 0.1) is 5.82 Å². The van der Waals surface area contributed by atoms with Crippen LogP contribution in [0.3, 0.4) is 0 Å². The maximum Gasteiger partial charge on any atom is 0.137 e. The van der Waals surface area contributed by atoms with Crippen molar-refractivity contribution in [2.45, 2.75) is 25.3 Å². The molecule has 106 valence electrons. The Balaban J connectivity index is 2.36. The van der Waals surface area contributed by atoms with Crippen molar-refractivity contribution >= 4 is 15.9 Å². The lowest BCUT2D eigenvalue weighted by Crippen LogP contribution is -2.23. The zero-order chi connectivity index (χ0) is 14.5. The van der Waals surface area contributed by atoms with Gasteiger partial charge in [0.15, 0.2) is 0 Å². The van der Waals surface area contributed by atoms with Gasteiger partial charge in [-0.1, -0.05) is 43.3 Å². The average Bonchev–Trinajstić information content (AvgIpc) is 2.48. The zero-order valence-electron chi connectivity index (χ0n) is 11.7. The molecule has 2 aromatic carbocycles. The first-order valence-corrected chi connectivity index (χ1v) is 7.63. The topological polar surface area (TPSA) is 12.0 Å². The quantitative estimate of drug-likeness (QED) is 0.806. The van der Waals surface area contributed by atoms with Gasteiger partial charge in [-0.25, -0.2) is 4.39 Å². The molecule has 0 bridgehead atoms. The highest BCUT2D eigenvalue weighted by Gasteiger charge is 2.22. The molecular formula is C17H19BrFN. The molecule has 2 rings (SSSR count). The van der Waals surface area contributed by atoms with Gasteiger partial charge in [-0.05, 0) is 52.7 Å². The number of halogens is 2. The van der Waals surface area contributed by atoms with Gasteiger partial charge in [0.2, 0.25) is 0 Å². The first kappa shape index (κ1) is 15.2. The standard InChI is InChI=1S/C17H19BrFN/c1-3-14(12-7-5-4-6-8-12)17(20-2)13-9-10-16(19)15(18)11-13/h4-11,14,17,20H,3H2,1-2H3. The Labute approximate surface area is 128 Å². The van der Waals surface area contributed by atoms with E-state index in [1.54, 1.807) is 0 Å². The van der Waals surface area contributed by atoms with Gasteiger partial charge in [-0.3, -0.25) is 0 Å². The van der Waals surface area contributed by atoms with Gasteiger partial charge >= 0.3 is 0 Å². The first-order chi connectivity index (χ1) is 9.67. The maximum atomic E-state index is 13.4. The van der Waals surface area contributed by atoms with Crippen LogP contribution in [0.5, 0.6) is 0 Å². The number of hydrogen-bond donors (Lipinski definition) is 1. The van der Waals surface area contributed by atoms with Crippen molar-refractivity contribution < 1.29 is 4.39 Å². The van der Waals surface area contributed by atoms with E-state index in [0.29, 0.717) is 10.4 Å². The second-order valence-corrected chi connectivity index (χ2v) is 5.72. The maximum absolute atomic E-state index is 13.4. The van der Waals surface area contributed by atoms with Crippen LogP contribution < -0.4 is 5.32 Å². The van der Waals surface area contributed by atoms with Crippen LogP contribution in [-0.2, 0) is 0 Å². The van der Waals surface area contributed by atoms with E-state index < -0.39 is 0 Å². The highest BCUT2D eigenvalue weighted by molar-refractivity contribution is 9.10. The molecule has 3 heteroatoms. The number of benzene rings is 2. The Morgan fingerprint density at radius 1 is 1.10 bits per heavy atom. The van der Waals surface area contributed by atoms with Gasteiger partial charge in [-0.15, -0.1) is 0 Å². The van der Waals surface area contributed by atoms with Gasteiger partial charge < -0.3 is 5.32 Å². The summed E-state index contributed by atoms with van der Waals surface area (Å²) in [4.78, 5) is 0. The summed E-state index contributed by atoms with van der Waals surface area (Å²) in [6.07, 6.45) is 1.02. The van der Waals surface area contributed by atoms with Crippen molar-refractivity contribution in [3.63, 3.8) is 0 Å². The van der Waals surface area contributed by atoms with Gasteiger partial charge in [0, 0.05) is 12.0 Å². The Kier molecular flexibility index (Phi) is 5.32. The number of hydrogen-bond acceptors (Lipinski definition) is 1. The van der Waals surface area contributed by atoms with Crippen molar-refractivity contribution in [1.29, 1.82) is 0 Å². The number of nitrogens with one attached hydrogen (secondary N) is 1. The van der Waals surface area contributed by atoms with E-state index in [1.165, 1.54) is 11.6 Å². The molecule has 0 aromatic heterocycles. The van der Waals surface area contributed by atoms with Gasteiger partial charge in [-0.2, -0.15) is 0 Å². The summed E-state index contributed by atoms with van der Waals surface area (Å²) >= 11 is 3.27. The van der Waals surface area contributed by atoms with E-state index in [4.69, 9.17) is 0 Å². The summed E-state index contributed by atoms with van der Waals surface area (Å²) in [7, 11) is 1.95. The van der Waals surface area contributed by atoms with Crippen molar-refractivity contribution in [3.8, 4) is 0 Å². The molecule has 0 amide bonds. The monoisotopic (exact) mass is 335 g/mol. The first-order valence-electron chi connectivity index (χ1n) is 6.84. The van der Waals surface area contributed by atoms with E-state index in [1.807, 2.05) is 25.2 Å².